The molecular formula is C14H17NO4S. The molecule has 3 atom stereocenters. The van der Waals surface area contributed by atoms with Crippen LogP contribution in [0.3, 0.4) is 0 Å². The topological polar surface area (TPSA) is 77.3 Å². The Morgan fingerprint density at radius 2 is 1.95 bits per heavy atom. The molecule has 0 amide bonds. The lowest BCUT2D eigenvalue weighted by Crippen LogP contribution is -2.33. The van der Waals surface area contributed by atoms with Gasteiger partial charge in [0.1, 0.15) is 0 Å². The molecule has 0 heterocycles. The van der Waals surface area contributed by atoms with Gasteiger partial charge >= 0.3 is 0 Å². The van der Waals surface area contributed by atoms with Crippen LogP contribution in [0.5, 0.6) is 0 Å². The van der Waals surface area contributed by atoms with E-state index in [1.807, 2.05) is 0 Å². The lowest BCUT2D eigenvalue weighted by atomic mass is 10.0. The van der Waals surface area contributed by atoms with Gasteiger partial charge in [-0.1, -0.05) is 37.3 Å². The first-order valence-electron chi connectivity index (χ1n) is 6.49. The molecule has 0 unspecified atom stereocenters. The predicted molar refractivity (Wildman–Crippen MR) is 75.7 cm³/mol. The molecule has 0 N–H and O–H groups in total. The van der Waals surface area contributed by atoms with Crippen molar-refractivity contribution in [2.75, 3.05) is 0 Å². The SMILES string of the molecule is C=C1C[C@H]([N+](=O)[O-])[C@H](CC)[C@H]1S(=O)(=O)c1ccccc1. The summed E-state index contributed by atoms with van der Waals surface area (Å²) in [5.74, 6) is -0.511. The smallest absolute Gasteiger partial charge is 0.221 e. The third-order valence-electron chi connectivity index (χ3n) is 3.91. The molecule has 1 aliphatic rings. The second-order valence-electron chi connectivity index (χ2n) is 5.07. The highest BCUT2D eigenvalue weighted by molar-refractivity contribution is 7.92. The fourth-order valence-electron chi connectivity index (χ4n) is 2.96. The molecule has 0 aromatic heterocycles. The van der Waals surface area contributed by atoms with Crippen molar-refractivity contribution in [1.29, 1.82) is 0 Å². The average Bonchev–Trinajstić information content (AvgIpc) is 2.77. The molecule has 1 aromatic carbocycles. The number of benzene rings is 1. The lowest BCUT2D eigenvalue weighted by molar-refractivity contribution is -0.528. The molecule has 1 fully saturated rings. The Bertz CT molecular complexity index is 624. The van der Waals surface area contributed by atoms with E-state index in [0.717, 1.165) is 0 Å². The first-order valence-corrected chi connectivity index (χ1v) is 8.04. The van der Waals surface area contributed by atoms with E-state index in [4.69, 9.17) is 0 Å². The van der Waals surface area contributed by atoms with Crippen molar-refractivity contribution in [1.82, 2.24) is 0 Å². The molecule has 108 valence electrons. The van der Waals surface area contributed by atoms with Gasteiger partial charge in [0.05, 0.1) is 10.1 Å². The Kier molecular flexibility index (Phi) is 3.94. The Morgan fingerprint density at radius 1 is 1.35 bits per heavy atom. The van der Waals surface area contributed by atoms with E-state index in [1.165, 1.54) is 12.1 Å². The normalized spacial score (nSPS) is 26.6. The van der Waals surface area contributed by atoms with Crippen LogP contribution in [0, 0.1) is 16.0 Å². The summed E-state index contributed by atoms with van der Waals surface area (Å²) in [5.41, 5.74) is 0.447. The van der Waals surface area contributed by atoms with Crippen LogP contribution in [0.4, 0.5) is 0 Å². The third kappa shape index (κ3) is 2.35. The van der Waals surface area contributed by atoms with E-state index >= 15 is 0 Å². The third-order valence-corrected chi connectivity index (χ3v) is 6.19. The van der Waals surface area contributed by atoms with Gasteiger partial charge in [-0.05, 0) is 18.6 Å². The molecule has 1 aromatic rings. The summed E-state index contributed by atoms with van der Waals surface area (Å²) in [6, 6.07) is 7.23. The van der Waals surface area contributed by atoms with Crippen LogP contribution in [0.15, 0.2) is 47.4 Å². The molecule has 2 rings (SSSR count). The van der Waals surface area contributed by atoms with Crippen LogP contribution < -0.4 is 0 Å². The van der Waals surface area contributed by atoms with Crippen LogP contribution in [0.2, 0.25) is 0 Å². The average molecular weight is 295 g/mol. The van der Waals surface area contributed by atoms with Crippen molar-refractivity contribution in [3.8, 4) is 0 Å². The van der Waals surface area contributed by atoms with Crippen LogP contribution in [0.1, 0.15) is 19.8 Å². The number of hydrogen-bond acceptors (Lipinski definition) is 4. The maximum absolute atomic E-state index is 12.7. The fraction of sp³-hybridized carbons (Fsp3) is 0.429. The molecule has 5 nitrogen and oxygen atoms in total. The molecule has 1 aliphatic carbocycles. The highest BCUT2D eigenvalue weighted by Crippen LogP contribution is 2.40. The summed E-state index contributed by atoms with van der Waals surface area (Å²) >= 11 is 0. The van der Waals surface area contributed by atoms with Crippen LogP contribution in [0.25, 0.3) is 0 Å². The molecular weight excluding hydrogens is 278 g/mol. The van der Waals surface area contributed by atoms with Crippen molar-refractivity contribution >= 4 is 9.84 Å². The number of nitrogens with zero attached hydrogens (tertiary/aromatic N) is 1. The van der Waals surface area contributed by atoms with Crippen molar-refractivity contribution in [2.45, 2.75) is 36.0 Å². The Hall–Kier alpha value is -1.69. The van der Waals surface area contributed by atoms with Gasteiger partial charge in [-0.15, -0.1) is 0 Å². The molecule has 1 saturated carbocycles. The molecule has 0 aliphatic heterocycles. The van der Waals surface area contributed by atoms with E-state index in [0.29, 0.717) is 12.0 Å². The van der Waals surface area contributed by atoms with Crippen LogP contribution >= 0.6 is 0 Å². The standard InChI is InChI=1S/C14H17NO4S/c1-3-12-13(15(16)17)9-10(2)14(12)20(18,19)11-7-5-4-6-8-11/h4-8,12-14H,2-3,9H2,1H3/t12-,13-,14-/m0/s1. The van der Waals surface area contributed by atoms with E-state index < -0.39 is 27.0 Å². The van der Waals surface area contributed by atoms with Crippen molar-refractivity contribution in [3.05, 3.63) is 52.6 Å². The van der Waals surface area contributed by atoms with Gasteiger partial charge in [0.25, 0.3) is 0 Å². The van der Waals surface area contributed by atoms with Gasteiger partial charge < -0.3 is 0 Å². The maximum Gasteiger partial charge on any atom is 0.221 e. The fourth-order valence-corrected chi connectivity index (χ4v) is 5.16. The second kappa shape index (κ2) is 5.36. The quantitative estimate of drug-likeness (QED) is 0.485. The predicted octanol–water partition coefficient (Wildman–Crippen LogP) is 2.46. The summed E-state index contributed by atoms with van der Waals surface area (Å²) in [6.07, 6.45) is 0.587. The Morgan fingerprint density at radius 3 is 2.45 bits per heavy atom. The highest BCUT2D eigenvalue weighted by Gasteiger charge is 2.50. The molecule has 6 heteroatoms. The summed E-state index contributed by atoms with van der Waals surface area (Å²) in [5, 5.41) is 10.2. The Balaban J connectivity index is 2.46. The number of rotatable bonds is 4. The second-order valence-corrected chi connectivity index (χ2v) is 7.14. The van der Waals surface area contributed by atoms with Crippen molar-refractivity contribution in [3.63, 3.8) is 0 Å². The zero-order chi connectivity index (χ0) is 14.9. The lowest BCUT2D eigenvalue weighted by Gasteiger charge is -2.19. The van der Waals surface area contributed by atoms with Gasteiger partial charge in [-0.25, -0.2) is 8.42 Å². The summed E-state index contributed by atoms with van der Waals surface area (Å²) in [4.78, 5) is 10.9. The van der Waals surface area contributed by atoms with E-state index in [-0.39, 0.29) is 16.2 Å². The van der Waals surface area contributed by atoms with Crippen LogP contribution in [-0.2, 0) is 9.84 Å². The molecule has 0 bridgehead atoms. The Labute approximate surface area is 118 Å². The molecule has 0 radical (unpaired) electrons. The molecule has 0 saturated heterocycles. The van der Waals surface area contributed by atoms with Gasteiger partial charge in [-0.3, -0.25) is 10.1 Å². The number of nitro groups is 1. The van der Waals surface area contributed by atoms with E-state index in [1.54, 1.807) is 25.1 Å². The first kappa shape index (κ1) is 14.7. The summed E-state index contributed by atoms with van der Waals surface area (Å²) < 4.78 is 25.4. The van der Waals surface area contributed by atoms with Crippen LogP contribution in [-0.4, -0.2) is 24.6 Å². The van der Waals surface area contributed by atoms with Gasteiger partial charge in [0.15, 0.2) is 9.84 Å². The van der Waals surface area contributed by atoms with E-state index in [2.05, 4.69) is 6.58 Å². The summed E-state index contributed by atoms with van der Waals surface area (Å²) in [7, 11) is -3.62. The molecule has 0 spiro atoms. The minimum atomic E-state index is -3.62. The molecule has 20 heavy (non-hydrogen) atoms. The maximum atomic E-state index is 12.7. The van der Waals surface area contributed by atoms with Gasteiger partial charge in [-0.2, -0.15) is 0 Å². The van der Waals surface area contributed by atoms with Crippen molar-refractivity contribution < 1.29 is 13.3 Å². The minimum absolute atomic E-state index is 0.141. The minimum Gasteiger partial charge on any atom is -0.264 e. The van der Waals surface area contributed by atoms with Gasteiger partial charge in [0.2, 0.25) is 6.04 Å². The van der Waals surface area contributed by atoms with E-state index in [9.17, 15) is 18.5 Å². The first-order chi connectivity index (χ1) is 9.39. The number of sulfone groups is 1. The monoisotopic (exact) mass is 295 g/mol. The number of hydrogen-bond donors (Lipinski definition) is 0. The highest BCUT2D eigenvalue weighted by atomic mass is 32.2. The zero-order valence-electron chi connectivity index (χ0n) is 11.2. The zero-order valence-corrected chi connectivity index (χ0v) is 12.0. The summed E-state index contributed by atoms with van der Waals surface area (Å²) in [6.45, 7) is 5.56. The van der Waals surface area contributed by atoms with Gasteiger partial charge in [0, 0.05) is 17.3 Å². The largest absolute Gasteiger partial charge is 0.264 e. The van der Waals surface area contributed by atoms with Crippen molar-refractivity contribution in [2.24, 2.45) is 5.92 Å².